The number of aromatic amines is 1. The molecule has 1 atom stereocenters. The van der Waals surface area contributed by atoms with E-state index >= 15 is 0 Å². The highest BCUT2D eigenvalue weighted by molar-refractivity contribution is 5.96. The fourth-order valence-corrected chi connectivity index (χ4v) is 4.20. The lowest BCUT2D eigenvalue weighted by Gasteiger charge is -2.14. The zero-order valence-electron chi connectivity index (χ0n) is 24.7. The van der Waals surface area contributed by atoms with E-state index in [1.165, 1.54) is 13.2 Å². The molecule has 2 aromatic heterocycles. The van der Waals surface area contributed by atoms with E-state index in [9.17, 15) is 38.3 Å². The van der Waals surface area contributed by atoms with E-state index in [1.54, 1.807) is 43.3 Å². The van der Waals surface area contributed by atoms with Crippen molar-refractivity contribution in [2.75, 3.05) is 18.2 Å². The molecule has 2 heterocycles. The number of hydrogen-bond acceptors (Lipinski definition) is 12. The van der Waals surface area contributed by atoms with Gasteiger partial charge in [-0.25, -0.2) is 33.4 Å². The maximum atomic E-state index is 13.5. The van der Waals surface area contributed by atoms with Gasteiger partial charge in [-0.3, -0.25) is 14.4 Å². The summed E-state index contributed by atoms with van der Waals surface area (Å²) in [5, 5.41) is 16.8. The van der Waals surface area contributed by atoms with Gasteiger partial charge >= 0.3 is 17.6 Å². The van der Waals surface area contributed by atoms with Gasteiger partial charge in [-0.2, -0.15) is 4.98 Å². The first-order valence-corrected chi connectivity index (χ1v) is 13.4. The number of benzene rings is 2. The van der Waals surface area contributed by atoms with Gasteiger partial charge in [0.05, 0.1) is 18.7 Å². The smallest absolute Gasteiger partial charge is 0.363 e. The molecule has 0 bridgehead atoms. The molecule has 0 aliphatic heterocycles. The first-order valence-electron chi connectivity index (χ1n) is 13.4. The molecule has 0 radical (unpaired) electrons. The predicted molar refractivity (Wildman–Crippen MR) is 169 cm³/mol. The third-order valence-corrected chi connectivity index (χ3v) is 6.72. The minimum Gasteiger partial charge on any atom is -0.477 e. The number of H-pyrrole nitrogens is 1. The van der Waals surface area contributed by atoms with Crippen LogP contribution in [-0.4, -0.2) is 49.6 Å². The number of carbonyl (C=O) groups excluding carboxylic acids is 2. The predicted octanol–water partition coefficient (Wildman–Crippen LogP) is 0.890. The number of aromatic nitrogens is 4. The molecule has 5 aromatic rings. The summed E-state index contributed by atoms with van der Waals surface area (Å²) >= 11 is 0. The molecular weight excluding hydrogens is 643 g/mol. The average molecular weight is 671 g/mol. The Kier molecular flexibility index (Phi) is 11.3. The molecule has 0 saturated carbocycles. The van der Waals surface area contributed by atoms with E-state index in [0.717, 1.165) is 16.1 Å². The van der Waals surface area contributed by atoms with Crippen molar-refractivity contribution in [1.29, 1.82) is 0 Å². The Labute approximate surface area is 269 Å². The number of nitrogen functional groups attached to an aromatic ring is 1. The number of halogens is 2. The third-order valence-electron chi connectivity index (χ3n) is 6.72. The van der Waals surface area contributed by atoms with Crippen molar-refractivity contribution < 1.29 is 28.6 Å². The Bertz CT molecular complexity index is 2090. The number of carboxylic acid groups (broad SMARTS) is 1. The summed E-state index contributed by atoms with van der Waals surface area (Å²) in [6.07, 6.45) is 0. The number of ether oxygens (including phenoxy) is 1. The molecule has 0 aliphatic rings. The van der Waals surface area contributed by atoms with Gasteiger partial charge < -0.3 is 31.9 Å². The van der Waals surface area contributed by atoms with E-state index in [2.05, 4.69) is 30.4 Å². The number of hydrogen-bond donors (Lipinski definition) is 6. The monoisotopic (exact) mass is 670 g/mol. The van der Waals surface area contributed by atoms with E-state index in [4.69, 9.17) is 11.5 Å². The number of anilines is 2. The number of nitrogens with one attached hydrogen (secondary N) is 3. The van der Waals surface area contributed by atoms with Gasteiger partial charge in [-0.1, -0.05) is 18.2 Å². The van der Waals surface area contributed by atoms with Crippen LogP contribution in [0.25, 0.3) is 5.78 Å². The van der Waals surface area contributed by atoms with E-state index in [0.29, 0.717) is 23.2 Å². The molecule has 18 heteroatoms. The molecule has 0 unspecified atom stereocenters. The molecule has 47 heavy (non-hydrogen) atoms. The van der Waals surface area contributed by atoms with Crippen LogP contribution >= 0.6 is 12.4 Å². The lowest BCUT2D eigenvalue weighted by Crippen LogP contribution is -2.37. The number of esters is 1. The summed E-state index contributed by atoms with van der Waals surface area (Å²) in [7, 11) is 1.28. The van der Waals surface area contributed by atoms with Crippen LogP contribution in [0.2, 0.25) is 0 Å². The number of methoxy groups -OCH3 is 1. The minimum absolute atomic E-state index is 0. The third kappa shape index (κ3) is 7.84. The second-order valence-corrected chi connectivity index (χ2v) is 9.74. The number of rotatable bonds is 9. The van der Waals surface area contributed by atoms with Crippen LogP contribution in [0.5, 0.6) is 0 Å². The fraction of sp³-hybridized carbons (Fsp3) is 0.172. The quantitative estimate of drug-likeness (QED) is 0.0942. The zero-order chi connectivity index (χ0) is 33.7. The zero-order valence-corrected chi connectivity index (χ0v) is 25.5. The molecule has 0 fully saturated rings. The largest absolute Gasteiger partial charge is 0.477 e. The van der Waals surface area contributed by atoms with Crippen molar-refractivity contribution in [3.8, 4) is 0 Å². The van der Waals surface area contributed by atoms with Crippen molar-refractivity contribution in [3.05, 3.63) is 119 Å². The summed E-state index contributed by atoms with van der Waals surface area (Å²) in [5.74, 6) is -3.12. The lowest BCUT2D eigenvalue weighted by molar-refractivity contribution is 0.0599. The van der Waals surface area contributed by atoms with Crippen molar-refractivity contribution in [3.63, 3.8) is 0 Å². The summed E-state index contributed by atoms with van der Waals surface area (Å²) in [5.41, 5.74) is 10.3. The molecule has 246 valence electrons. The molecule has 5 rings (SSSR count). The Hall–Kier alpha value is -5.94. The topological polar surface area (TPSA) is 254 Å². The SMILES string of the molecule is COC(=O)c1ccc([C@H](C)NC(=O)c2cc(C(=O)O)n3[nH]c(=O)nc3n2)cc1.Cl.NCc1ccc(F)c(CNc2c(N)c(=O)c2=O)c1. The molecule has 0 aliphatic carbocycles. The second kappa shape index (κ2) is 14.9. The summed E-state index contributed by atoms with van der Waals surface area (Å²) in [6.45, 7) is 2.09. The average Bonchev–Trinajstić information content (AvgIpc) is 3.44. The highest BCUT2D eigenvalue weighted by Gasteiger charge is 2.20. The van der Waals surface area contributed by atoms with Crippen LogP contribution in [0, 0.1) is 5.82 Å². The second-order valence-electron chi connectivity index (χ2n) is 9.74. The molecule has 0 spiro atoms. The van der Waals surface area contributed by atoms with Crippen molar-refractivity contribution >= 4 is 47.4 Å². The number of nitrogens with zero attached hydrogens (tertiary/aromatic N) is 3. The highest BCUT2D eigenvalue weighted by Crippen LogP contribution is 2.16. The fourth-order valence-electron chi connectivity index (χ4n) is 4.20. The number of nitrogens with two attached hydrogens (primary N) is 2. The van der Waals surface area contributed by atoms with E-state index < -0.39 is 46.3 Å². The minimum atomic E-state index is -1.36. The Balaban J connectivity index is 0.000000274. The molecule has 0 saturated heterocycles. The summed E-state index contributed by atoms with van der Waals surface area (Å²) in [4.78, 5) is 76.2. The number of carbonyl (C=O) groups is 3. The first kappa shape index (κ1) is 35.5. The lowest BCUT2D eigenvalue weighted by atomic mass is 10.1. The van der Waals surface area contributed by atoms with Crippen LogP contribution < -0.4 is 38.6 Å². The van der Waals surface area contributed by atoms with Gasteiger partial charge in [0.2, 0.25) is 0 Å². The molecule has 3 aromatic carbocycles. The van der Waals surface area contributed by atoms with Crippen LogP contribution in [0.3, 0.4) is 0 Å². The van der Waals surface area contributed by atoms with Crippen LogP contribution in [0.15, 0.2) is 62.9 Å². The first-order chi connectivity index (χ1) is 21.8. The maximum Gasteiger partial charge on any atom is 0.363 e. The summed E-state index contributed by atoms with van der Waals surface area (Å²) < 4.78 is 19.0. The number of fused-ring (bicyclic) bond motifs is 1. The number of amides is 1. The highest BCUT2D eigenvalue weighted by atomic mass is 35.5. The van der Waals surface area contributed by atoms with Crippen LogP contribution in [0.1, 0.15) is 61.0 Å². The van der Waals surface area contributed by atoms with Crippen LogP contribution in [0.4, 0.5) is 15.8 Å². The van der Waals surface area contributed by atoms with Gasteiger partial charge in [-0.05, 0) is 42.3 Å². The maximum absolute atomic E-state index is 13.5. The van der Waals surface area contributed by atoms with Crippen molar-refractivity contribution in [1.82, 2.24) is 24.9 Å². The molecular formula is C29H28ClFN8O8. The van der Waals surface area contributed by atoms with E-state index in [1.807, 2.05) is 0 Å². The van der Waals surface area contributed by atoms with Crippen LogP contribution in [-0.2, 0) is 17.8 Å². The Morgan fingerprint density at radius 2 is 1.74 bits per heavy atom. The van der Waals surface area contributed by atoms with Crippen molar-refractivity contribution in [2.24, 2.45) is 5.73 Å². The normalized spacial score (nSPS) is 11.1. The Morgan fingerprint density at radius 1 is 1.06 bits per heavy atom. The molecule has 1 amide bonds. The Morgan fingerprint density at radius 3 is 2.34 bits per heavy atom. The van der Waals surface area contributed by atoms with Gasteiger partial charge in [0.15, 0.2) is 5.69 Å². The van der Waals surface area contributed by atoms with Gasteiger partial charge in [0, 0.05) is 24.7 Å². The van der Waals surface area contributed by atoms with Crippen molar-refractivity contribution in [2.45, 2.75) is 26.1 Å². The standard InChI is InChI=1S/C17H15N5O6.C12H12FN3O2.ClH/c1-8(9-3-5-10(6-4-9)15(26)28-2)18-13(23)11-7-12(14(24)25)22-16(19-11)20-17(27)21-22;13-8-2-1-6(4-14)3-7(8)5-16-10-9(15)11(17)12(10)18;/h3-8H,1-2H3,(H,18,23)(H,21,27)(H,24,25);1-3,16H,4-5,14-15H2;1H/t8-;;/m0../s1. The summed E-state index contributed by atoms with van der Waals surface area (Å²) in [6, 6.07) is 11.5. The molecule has 16 nitrogen and oxygen atoms in total. The van der Waals surface area contributed by atoms with Gasteiger partial charge in [0.25, 0.3) is 22.5 Å². The molecule has 8 N–H and O–H groups in total. The number of aromatic carboxylic acids is 1. The van der Waals surface area contributed by atoms with Gasteiger partial charge in [-0.15, -0.1) is 12.4 Å². The van der Waals surface area contributed by atoms with E-state index in [-0.39, 0.29) is 47.5 Å². The number of carboxylic acids is 1. The van der Waals surface area contributed by atoms with Gasteiger partial charge in [0.1, 0.15) is 22.9 Å².